The molecule has 0 aromatic carbocycles. The van der Waals surface area contributed by atoms with Crippen LogP contribution in [0.4, 0.5) is 0 Å². The molecule has 0 radical (unpaired) electrons. The number of thiocarbonyl (C=S) groups is 1. The normalized spacial score (nSPS) is 20.4. The van der Waals surface area contributed by atoms with Crippen LogP contribution in [0.25, 0.3) is 0 Å². The summed E-state index contributed by atoms with van der Waals surface area (Å²) in [5.74, 6) is 0.921. The number of rotatable bonds is 9. The van der Waals surface area contributed by atoms with Gasteiger partial charge in [-0.3, -0.25) is 9.69 Å². The van der Waals surface area contributed by atoms with E-state index in [-0.39, 0.29) is 23.4 Å². The second-order valence-electron chi connectivity index (χ2n) is 8.83. The van der Waals surface area contributed by atoms with Gasteiger partial charge in [0.15, 0.2) is 0 Å². The molecule has 0 aromatic heterocycles. The molecular formula is C23H46N4O2S2. The molecule has 0 spiro atoms. The maximum atomic E-state index is 12.1. The summed E-state index contributed by atoms with van der Waals surface area (Å²) in [6.07, 6.45) is 4.66. The molecule has 1 rings (SSSR count). The van der Waals surface area contributed by atoms with Crippen molar-refractivity contribution in [2.75, 3.05) is 26.9 Å². The van der Waals surface area contributed by atoms with Crippen molar-refractivity contribution >= 4 is 41.7 Å². The molecule has 0 aromatic rings. The Labute approximate surface area is 200 Å². The van der Waals surface area contributed by atoms with E-state index < -0.39 is 0 Å². The number of thioether (sulfide) groups is 1. The minimum atomic E-state index is -0.218. The van der Waals surface area contributed by atoms with E-state index in [1.54, 1.807) is 18.8 Å². The van der Waals surface area contributed by atoms with Crippen LogP contribution in [0.1, 0.15) is 61.3 Å². The van der Waals surface area contributed by atoms with Crippen LogP contribution >= 0.6 is 24.0 Å². The fourth-order valence-electron chi connectivity index (χ4n) is 2.89. The highest BCUT2D eigenvalue weighted by Crippen LogP contribution is 2.43. The molecule has 8 heteroatoms. The number of aldehydes is 1. The zero-order valence-electron chi connectivity index (χ0n) is 21.2. The zero-order chi connectivity index (χ0) is 24.6. The Kier molecular flexibility index (Phi) is 18.3. The molecule has 0 aliphatic carbocycles. The number of nitrogens with one attached hydrogen (secondary N) is 3. The fraction of sp³-hybridized carbons (Fsp3) is 0.783. The lowest BCUT2D eigenvalue weighted by atomic mass is 9.84. The van der Waals surface area contributed by atoms with Gasteiger partial charge in [-0.25, -0.2) is 0 Å². The van der Waals surface area contributed by atoms with E-state index in [0.717, 1.165) is 24.9 Å². The quantitative estimate of drug-likeness (QED) is 0.268. The number of likely N-dealkylation sites (tertiary alicyclic amines) is 1. The number of carbonyl (C=O) groups excluding carboxylic acids is 2. The first-order valence-electron chi connectivity index (χ1n) is 10.9. The molecule has 6 nitrogen and oxygen atoms in total. The summed E-state index contributed by atoms with van der Waals surface area (Å²) in [4.78, 5) is 25.1. The van der Waals surface area contributed by atoms with Crippen LogP contribution in [-0.2, 0) is 9.59 Å². The highest BCUT2D eigenvalue weighted by Gasteiger charge is 2.48. The molecule has 3 atom stereocenters. The van der Waals surface area contributed by atoms with E-state index in [2.05, 4.69) is 68.5 Å². The molecule has 0 bridgehead atoms. The van der Waals surface area contributed by atoms with Gasteiger partial charge in [-0.05, 0) is 58.9 Å². The largest absolute Gasteiger partial charge is 0.373 e. The van der Waals surface area contributed by atoms with Gasteiger partial charge in [-0.15, -0.1) is 11.8 Å². The summed E-state index contributed by atoms with van der Waals surface area (Å²) in [6, 6.07) is 0.306. The van der Waals surface area contributed by atoms with E-state index in [4.69, 9.17) is 12.2 Å². The Bertz CT molecular complexity index is 550. The number of nitrogens with zero attached hydrogens (tertiary/aromatic N) is 1. The molecule has 1 aliphatic heterocycles. The lowest BCUT2D eigenvalue weighted by Gasteiger charge is -2.29. The predicted molar refractivity (Wildman–Crippen MR) is 141 cm³/mol. The second kappa shape index (κ2) is 17.6. The molecule has 1 fully saturated rings. The van der Waals surface area contributed by atoms with E-state index >= 15 is 0 Å². The Morgan fingerprint density at radius 3 is 2.16 bits per heavy atom. The van der Waals surface area contributed by atoms with Crippen molar-refractivity contribution in [3.05, 3.63) is 11.6 Å². The molecule has 1 aliphatic rings. The molecule has 0 saturated carbocycles. The first-order valence-corrected chi connectivity index (χ1v) is 12.4. The van der Waals surface area contributed by atoms with Gasteiger partial charge in [-0.1, -0.05) is 51.6 Å². The lowest BCUT2D eigenvalue weighted by molar-refractivity contribution is -0.127. The number of allylic oxidation sites excluding steroid dienone is 2. The highest BCUT2D eigenvalue weighted by atomic mass is 32.2. The van der Waals surface area contributed by atoms with Gasteiger partial charge in [0, 0.05) is 13.1 Å². The van der Waals surface area contributed by atoms with Crippen molar-refractivity contribution in [1.82, 2.24) is 20.9 Å². The van der Waals surface area contributed by atoms with Crippen molar-refractivity contribution < 1.29 is 9.59 Å². The van der Waals surface area contributed by atoms with Crippen molar-refractivity contribution in [2.24, 2.45) is 5.41 Å². The van der Waals surface area contributed by atoms with Gasteiger partial charge in [0.25, 0.3) is 0 Å². The van der Waals surface area contributed by atoms with Crippen molar-refractivity contribution in [1.29, 1.82) is 0 Å². The summed E-state index contributed by atoms with van der Waals surface area (Å²) >= 11 is 6.50. The monoisotopic (exact) mass is 474 g/mol. The van der Waals surface area contributed by atoms with Gasteiger partial charge < -0.3 is 20.7 Å². The fourth-order valence-corrected chi connectivity index (χ4v) is 4.63. The molecule has 1 amide bonds. The first-order chi connectivity index (χ1) is 14.4. The molecule has 1 saturated heterocycles. The Morgan fingerprint density at radius 1 is 1.29 bits per heavy atom. The van der Waals surface area contributed by atoms with E-state index in [1.165, 1.54) is 11.1 Å². The highest BCUT2D eigenvalue weighted by molar-refractivity contribution is 7.99. The summed E-state index contributed by atoms with van der Waals surface area (Å²) < 4.78 is 0. The number of likely N-dealkylation sites (N-methyl/N-ethyl adjacent to an activating group) is 2. The van der Waals surface area contributed by atoms with Crippen molar-refractivity contribution in [3.63, 3.8) is 0 Å². The van der Waals surface area contributed by atoms with Crippen LogP contribution in [-0.4, -0.2) is 73.0 Å². The molecular weight excluding hydrogens is 428 g/mol. The first kappa shape index (κ1) is 32.2. The van der Waals surface area contributed by atoms with Gasteiger partial charge >= 0.3 is 0 Å². The van der Waals surface area contributed by atoms with Crippen molar-refractivity contribution in [2.45, 2.75) is 84.8 Å². The van der Waals surface area contributed by atoms with Gasteiger partial charge in [-0.2, -0.15) is 0 Å². The third-order valence-corrected chi connectivity index (χ3v) is 6.63. The average Bonchev–Trinajstić information content (AvgIpc) is 2.95. The maximum absolute atomic E-state index is 12.1. The average molecular weight is 475 g/mol. The van der Waals surface area contributed by atoms with Gasteiger partial charge in [0.2, 0.25) is 5.91 Å². The number of amides is 1. The van der Waals surface area contributed by atoms with E-state index in [0.29, 0.717) is 11.4 Å². The summed E-state index contributed by atoms with van der Waals surface area (Å²) in [5.41, 5.74) is 2.71. The van der Waals surface area contributed by atoms with Crippen LogP contribution in [0.5, 0.6) is 0 Å². The molecule has 1 heterocycles. The van der Waals surface area contributed by atoms with Gasteiger partial charge in [0.05, 0.1) is 22.9 Å². The van der Waals surface area contributed by atoms with Crippen LogP contribution in [0.15, 0.2) is 11.6 Å². The third kappa shape index (κ3) is 13.9. The van der Waals surface area contributed by atoms with Crippen molar-refractivity contribution in [3.8, 4) is 0 Å². The minimum Gasteiger partial charge on any atom is -0.373 e. The van der Waals surface area contributed by atoms with Crippen LogP contribution in [0, 0.1) is 5.41 Å². The molecule has 31 heavy (non-hydrogen) atoms. The van der Waals surface area contributed by atoms with Crippen LogP contribution < -0.4 is 16.0 Å². The zero-order valence-corrected chi connectivity index (χ0v) is 22.9. The van der Waals surface area contributed by atoms with Crippen LogP contribution in [0.3, 0.4) is 0 Å². The summed E-state index contributed by atoms with van der Waals surface area (Å²) in [5, 5.41) is 8.93. The van der Waals surface area contributed by atoms with E-state index in [9.17, 15) is 9.59 Å². The lowest BCUT2D eigenvalue weighted by Crippen LogP contribution is -2.47. The topological polar surface area (TPSA) is 73.5 Å². The number of hydrogen-bond acceptors (Lipinski definition) is 6. The molecule has 2 unspecified atom stereocenters. The SMILES string of the molecule is CC=C(C)C.CNC(=O)C1N(C)[C@@H](SCCC(C=O)NC=S)CC1(C)C.CNC(C)C. The Morgan fingerprint density at radius 2 is 1.81 bits per heavy atom. The number of hydrogen-bond donors (Lipinski definition) is 3. The molecule has 182 valence electrons. The minimum absolute atomic E-state index is 0.0524. The summed E-state index contributed by atoms with van der Waals surface area (Å²) in [7, 11) is 5.63. The standard InChI is InChI=1S/C14H25N3O2S2.C5H10.C4H11N/c1-14(2)7-11(17(4)12(14)13(19)15-3)21-6-5-10(8-18)16-9-20;1-4-5(2)3;1-4(2)5-3/h8-12H,5-7H2,1-4H3,(H,15,19)(H,16,20);4H,1-3H3;4-5H,1-3H3/t10?,11-,12?;;/m0../s1. The Balaban J connectivity index is 0. The third-order valence-electron chi connectivity index (χ3n) is 5.14. The van der Waals surface area contributed by atoms with Crippen LogP contribution in [0.2, 0.25) is 0 Å². The smallest absolute Gasteiger partial charge is 0.237 e. The number of carbonyl (C=O) groups is 2. The Hall–Kier alpha value is -0.960. The second-order valence-corrected chi connectivity index (χ2v) is 10.3. The van der Waals surface area contributed by atoms with Gasteiger partial charge in [0.1, 0.15) is 6.29 Å². The summed E-state index contributed by atoms with van der Waals surface area (Å²) in [6.45, 7) is 14.7. The molecule has 3 N–H and O–H groups in total. The maximum Gasteiger partial charge on any atom is 0.237 e. The van der Waals surface area contributed by atoms with E-state index in [1.807, 2.05) is 21.0 Å². The predicted octanol–water partition coefficient (Wildman–Crippen LogP) is 3.61.